The van der Waals surface area contributed by atoms with Crippen molar-refractivity contribution in [2.75, 3.05) is 6.54 Å². The smallest absolute Gasteiger partial charge is 0.330 e. The first kappa shape index (κ1) is 17.1. The number of aliphatic hydroxyl groups excluding tert-OH is 2. The zero-order valence-corrected chi connectivity index (χ0v) is 13.0. The minimum atomic E-state index is -1.39. The first-order valence-corrected chi connectivity index (χ1v) is 7.63. The molecule has 0 radical (unpaired) electrons. The van der Waals surface area contributed by atoms with E-state index in [-0.39, 0.29) is 12.5 Å². The number of carbonyl (C=O) groups excluding carboxylic acids is 1. The molecule has 4 atom stereocenters. The predicted molar refractivity (Wildman–Crippen MR) is 86.0 cm³/mol. The number of nitrogens with one attached hydrogen (secondary N) is 2. The van der Waals surface area contributed by atoms with Crippen molar-refractivity contribution in [3.8, 4) is 0 Å². The summed E-state index contributed by atoms with van der Waals surface area (Å²) in [6, 6.07) is 9.60. The van der Waals surface area contributed by atoms with E-state index >= 15 is 0 Å². The monoisotopic (exact) mass is 347 g/mol. The van der Waals surface area contributed by atoms with Crippen LogP contribution in [0.5, 0.6) is 0 Å². The summed E-state index contributed by atoms with van der Waals surface area (Å²) in [6.45, 7) is -0.0550. The number of H-pyrrole nitrogens is 1. The van der Waals surface area contributed by atoms with Crippen LogP contribution in [0.25, 0.3) is 0 Å². The summed E-state index contributed by atoms with van der Waals surface area (Å²) in [7, 11) is 0. The minimum absolute atomic E-state index is 0.0550. The lowest BCUT2D eigenvalue weighted by atomic mass is 10.1. The Kier molecular flexibility index (Phi) is 4.79. The molecule has 9 heteroatoms. The normalized spacial score (nSPS) is 25.7. The van der Waals surface area contributed by atoms with Gasteiger partial charge in [-0.3, -0.25) is 19.1 Å². The van der Waals surface area contributed by atoms with Crippen LogP contribution >= 0.6 is 0 Å². The first-order valence-electron chi connectivity index (χ1n) is 7.63. The van der Waals surface area contributed by atoms with Crippen LogP contribution in [0.4, 0.5) is 0 Å². The Morgan fingerprint density at radius 2 is 1.88 bits per heavy atom. The third-order valence-corrected chi connectivity index (χ3v) is 3.96. The maximum absolute atomic E-state index is 12.0. The third kappa shape index (κ3) is 3.53. The van der Waals surface area contributed by atoms with Crippen LogP contribution in [0.15, 0.2) is 52.2 Å². The van der Waals surface area contributed by atoms with Crippen LogP contribution < -0.4 is 16.6 Å². The van der Waals surface area contributed by atoms with Crippen molar-refractivity contribution in [1.82, 2.24) is 14.9 Å². The number of rotatable bonds is 4. The van der Waals surface area contributed by atoms with E-state index in [1.165, 1.54) is 6.20 Å². The van der Waals surface area contributed by atoms with E-state index in [4.69, 9.17) is 4.74 Å². The summed E-state index contributed by atoms with van der Waals surface area (Å²) in [5.74, 6) is -0.351. The summed E-state index contributed by atoms with van der Waals surface area (Å²) in [5, 5.41) is 22.8. The molecule has 0 unspecified atom stereocenters. The van der Waals surface area contributed by atoms with E-state index in [2.05, 4.69) is 5.32 Å². The average molecular weight is 347 g/mol. The summed E-state index contributed by atoms with van der Waals surface area (Å²) < 4.78 is 6.49. The quantitative estimate of drug-likeness (QED) is 0.537. The molecule has 0 bridgehead atoms. The lowest BCUT2D eigenvalue weighted by molar-refractivity contribution is -0.0387. The molecular weight excluding hydrogens is 330 g/mol. The first-order chi connectivity index (χ1) is 12.0. The number of carbonyl (C=O) groups is 1. The number of ether oxygens (including phenoxy) is 1. The molecule has 3 rings (SSSR count). The van der Waals surface area contributed by atoms with Crippen LogP contribution in [0.3, 0.4) is 0 Å². The van der Waals surface area contributed by atoms with E-state index in [0.717, 1.165) is 10.6 Å². The van der Waals surface area contributed by atoms with Gasteiger partial charge in [0, 0.05) is 24.4 Å². The molecule has 1 amide bonds. The molecule has 132 valence electrons. The van der Waals surface area contributed by atoms with Crippen molar-refractivity contribution < 1.29 is 19.7 Å². The Balaban J connectivity index is 1.69. The molecule has 0 aliphatic carbocycles. The molecule has 1 aromatic heterocycles. The molecule has 9 nitrogen and oxygen atoms in total. The molecule has 0 saturated carbocycles. The molecule has 2 aromatic rings. The van der Waals surface area contributed by atoms with Gasteiger partial charge in [0.15, 0.2) is 6.23 Å². The molecule has 4 N–H and O–H groups in total. The van der Waals surface area contributed by atoms with E-state index in [1.807, 2.05) is 4.98 Å². The fourth-order valence-corrected chi connectivity index (χ4v) is 2.64. The van der Waals surface area contributed by atoms with Gasteiger partial charge >= 0.3 is 5.69 Å². The SMILES string of the molecule is O=C(NC[C@H]1O[C@@H](n2ccc(=O)[nH]c2=O)[C@H](O)[C@@H]1O)c1ccccc1. The van der Waals surface area contributed by atoms with Crippen molar-refractivity contribution in [2.24, 2.45) is 0 Å². The van der Waals surface area contributed by atoms with Crippen LogP contribution in [0.2, 0.25) is 0 Å². The van der Waals surface area contributed by atoms with E-state index in [9.17, 15) is 24.6 Å². The topological polar surface area (TPSA) is 134 Å². The van der Waals surface area contributed by atoms with Gasteiger partial charge in [-0.05, 0) is 12.1 Å². The van der Waals surface area contributed by atoms with Gasteiger partial charge in [0.25, 0.3) is 11.5 Å². The van der Waals surface area contributed by atoms with Gasteiger partial charge in [-0.25, -0.2) is 4.79 Å². The molecule has 2 heterocycles. The molecular formula is C16H17N3O6. The van der Waals surface area contributed by atoms with Gasteiger partial charge in [-0.1, -0.05) is 18.2 Å². The fraction of sp³-hybridized carbons (Fsp3) is 0.312. The summed E-state index contributed by atoms with van der Waals surface area (Å²) in [4.78, 5) is 37.0. The standard InChI is InChI=1S/C16H17N3O6/c20-11-6-7-19(16(24)18-11)15-13(22)12(21)10(25-15)8-17-14(23)9-4-2-1-3-5-9/h1-7,10,12-13,15,21-22H,8H2,(H,17,23)(H,18,20,24)/t10-,12-,13-,15-/m1/s1. The Bertz CT molecular complexity index is 862. The zero-order valence-electron chi connectivity index (χ0n) is 13.0. The van der Waals surface area contributed by atoms with Crippen LogP contribution in [0.1, 0.15) is 16.6 Å². The Morgan fingerprint density at radius 3 is 2.56 bits per heavy atom. The second-order valence-electron chi connectivity index (χ2n) is 5.64. The summed E-state index contributed by atoms with van der Waals surface area (Å²) in [6.07, 6.45) is -3.60. The lowest BCUT2D eigenvalue weighted by Gasteiger charge is -2.16. The maximum Gasteiger partial charge on any atom is 0.330 e. The van der Waals surface area contributed by atoms with E-state index < -0.39 is 35.8 Å². The van der Waals surface area contributed by atoms with E-state index in [1.54, 1.807) is 30.3 Å². The number of aromatic amines is 1. The highest BCUT2D eigenvalue weighted by Gasteiger charge is 2.44. The van der Waals surface area contributed by atoms with Gasteiger partial charge in [-0.15, -0.1) is 0 Å². The second kappa shape index (κ2) is 7.01. The molecule has 1 aromatic carbocycles. The van der Waals surface area contributed by atoms with Gasteiger partial charge in [-0.2, -0.15) is 0 Å². The number of aromatic nitrogens is 2. The fourth-order valence-electron chi connectivity index (χ4n) is 2.64. The minimum Gasteiger partial charge on any atom is -0.387 e. The van der Waals surface area contributed by atoms with Crippen molar-refractivity contribution in [1.29, 1.82) is 0 Å². The van der Waals surface area contributed by atoms with Crippen LogP contribution in [0, 0.1) is 0 Å². The maximum atomic E-state index is 12.0. The van der Waals surface area contributed by atoms with Crippen molar-refractivity contribution in [3.05, 3.63) is 69.0 Å². The third-order valence-electron chi connectivity index (χ3n) is 3.96. The molecule has 1 aliphatic rings. The van der Waals surface area contributed by atoms with Gasteiger partial charge < -0.3 is 20.3 Å². The van der Waals surface area contributed by atoms with Gasteiger partial charge in [0.05, 0.1) is 0 Å². The van der Waals surface area contributed by atoms with Crippen LogP contribution in [-0.2, 0) is 4.74 Å². The van der Waals surface area contributed by atoms with Crippen LogP contribution in [-0.4, -0.2) is 50.5 Å². The lowest BCUT2D eigenvalue weighted by Crippen LogP contribution is -2.40. The average Bonchev–Trinajstić information content (AvgIpc) is 2.89. The molecule has 1 saturated heterocycles. The van der Waals surface area contributed by atoms with Crippen molar-refractivity contribution in [2.45, 2.75) is 24.5 Å². The Hall–Kier alpha value is -2.75. The number of hydrogen-bond acceptors (Lipinski definition) is 6. The molecule has 25 heavy (non-hydrogen) atoms. The van der Waals surface area contributed by atoms with Crippen molar-refractivity contribution in [3.63, 3.8) is 0 Å². The Morgan fingerprint density at radius 1 is 1.16 bits per heavy atom. The highest BCUT2D eigenvalue weighted by molar-refractivity contribution is 5.94. The number of nitrogens with zero attached hydrogens (tertiary/aromatic N) is 1. The van der Waals surface area contributed by atoms with Gasteiger partial charge in [0.1, 0.15) is 18.3 Å². The zero-order chi connectivity index (χ0) is 18.0. The predicted octanol–water partition coefficient (Wildman–Crippen LogP) is -1.41. The largest absolute Gasteiger partial charge is 0.387 e. The van der Waals surface area contributed by atoms with E-state index in [0.29, 0.717) is 5.56 Å². The number of hydrogen-bond donors (Lipinski definition) is 4. The number of aliphatic hydroxyl groups is 2. The second-order valence-corrected chi connectivity index (χ2v) is 5.64. The summed E-state index contributed by atoms with van der Waals surface area (Å²) in [5.41, 5.74) is -0.900. The highest BCUT2D eigenvalue weighted by Crippen LogP contribution is 2.27. The Labute approximate surface area is 141 Å². The number of amides is 1. The highest BCUT2D eigenvalue weighted by atomic mass is 16.6. The summed E-state index contributed by atoms with van der Waals surface area (Å²) >= 11 is 0. The molecule has 1 aliphatic heterocycles. The number of benzene rings is 1. The van der Waals surface area contributed by atoms with Crippen molar-refractivity contribution >= 4 is 5.91 Å². The van der Waals surface area contributed by atoms with Gasteiger partial charge in [0.2, 0.25) is 0 Å². The molecule has 1 fully saturated rings. The molecule has 0 spiro atoms.